The molecule has 0 aliphatic carbocycles. The SMILES string of the molecule is CC(=O)NCCCCC(NC(=O)S)N[C@@H](CCCCCC(=O)CBr)C(=O)CN. The van der Waals surface area contributed by atoms with Crippen molar-refractivity contribution in [3.63, 3.8) is 0 Å². The molecule has 0 heterocycles. The lowest BCUT2D eigenvalue weighted by atomic mass is 10.0. The minimum atomic E-state index is -0.480. The molecule has 0 saturated carbocycles. The van der Waals surface area contributed by atoms with Gasteiger partial charge >= 0.3 is 0 Å². The average molecular weight is 481 g/mol. The molecule has 5 N–H and O–H groups in total. The highest BCUT2D eigenvalue weighted by atomic mass is 79.9. The zero-order chi connectivity index (χ0) is 21.4. The zero-order valence-electron chi connectivity index (χ0n) is 16.5. The number of Topliss-reactive ketones (excluding diaryl/α,β-unsaturated/α-hetero) is 2. The highest BCUT2D eigenvalue weighted by Gasteiger charge is 2.21. The van der Waals surface area contributed by atoms with Crippen molar-refractivity contribution in [1.82, 2.24) is 16.0 Å². The van der Waals surface area contributed by atoms with E-state index in [-0.39, 0.29) is 24.0 Å². The van der Waals surface area contributed by atoms with E-state index < -0.39 is 17.4 Å². The minimum absolute atomic E-state index is 0.0789. The Hall–Kier alpha value is -0.970. The number of ketones is 2. The molecular formula is C18H33BrN4O4S. The Labute approximate surface area is 181 Å². The van der Waals surface area contributed by atoms with Crippen LogP contribution in [0.3, 0.4) is 0 Å². The van der Waals surface area contributed by atoms with Crippen molar-refractivity contribution in [3.8, 4) is 0 Å². The Kier molecular flexibility index (Phi) is 16.4. The Morgan fingerprint density at radius 3 is 2.29 bits per heavy atom. The maximum Gasteiger partial charge on any atom is 0.277 e. The van der Waals surface area contributed by atoms with E-state index in [0.717, 1.165) is 32.1 Å². The van der Waals surface area contributed by atoms with Gasteiger partial charge in [0.15, 0.2) is 5.78 Å². The van der Waals surface area contributed by atoms with Gasteiger partial charge in [0.25, 0.3) is 5.24 Å². The number of nitrogens with two attached hydrogens (primary N) is 1. The van der Waals surface area contributed by atoms with Crippen molar-refractivity contribution in [3.05, 3.63) is 0 Å². The number of carbonyl (C=O) groups is 4. The number of carbonyl (C=O) groups excluding carboxylic acids is 4. The number of alkyl halides is 1. The molecule has 0 fully saturated rings. The van der Waals surface area contributed by atoms with Gasteiger partial charge in [-0.25, -0.2) is 0 Å². The number of hydrogen-bond acceptors (Lipinski definition) is 6. The van der Waals surface area contributed by atoms with E-state index >= 15 is 0 Å². The Morgan fingerprint density at radius 1 is 1.04 bits per heavy atom. The first kappa shape index (κ1) is 27.0. The third-order valence-electron chi connectivity index (χ3n) is 4.18. The van der Waals surface area contributed by atoms with Gasteiger partial charge in [0.2, 0.25) is 5.91 Å². The summed E-state index contributed by atoms with van der Waals surface area (Å²) >= 11 is 6.90. The largest absolute Gasteiger partial charge is 0.356 e. The van der Waals surface area contributed by atoms with E-state index in [0.29, 0.717) is 31.1 Å². The predicted octanol–water partition coefficient (Wildman–Crippen LogP) is 1.66. The van der Waals surface area contributed by atoms with Crippen LogP contribution in [0.4, 0.5) is 4.79 Å². The fraction of sp³-hybridized carbons (Fsp3) is 0.778. The quantitative estimate of drug-likeness (QED) is 0.0930. The molecule has 0 rings (SSSR count). The van der Waals surface area contributed by atoms with Gasteiger partial charge in [0.05, 0.1) is 24.1 Å². The van der Waals surface area contributed by atoms with Gasteiger partial charge in [-0.15, -0.1) is 0 Å². The molecule has 1 unspecified atom stereocenters. The molecular weight excluding hydrogens is 448 g/mol. The van der Waals surface area contributed by atoms with Crippen molar-refractivity contribution in [2.24, 2.45) is 5.73 Å². The summed E-state index contributed by atoms with van der Waals surface area (Å²) in [6.45, 7) is 1.95. The molecule has 162 valence electrons. The van der Waals surface area contributed by atoms with Crippen LogP contribution in [0.25, 0.3) is 0 Å². The molecule has 2 amide bonds. The molecule has 8 nitrogen and oxygen atoms in total. The maximum absolute atomic E-state index is 12.2. The highest BCUT2D eigenvalue weighted by molar-refractivity contribution is 9.09. The highest BCUT2D eigenvalue weighted by Crippen LogP contribution is 2.10. The smallest absolute Gasteiger partial charge is 0.277 e. The number of nitrogens with one attached hydrogen (secondary N) is 3. The molecule has 2 atom stereocenters. The van der Waals surface area contributed by atoms with E-state index in [4.69, 9.17) is 5.73 Å². The number of unbranched alkanes of at least 4 members (excludes halogenated alkanes) is 3. The first-order chi connectivity index (χ1) is 13.3. The third kappa shape index (κ3) is 15.0. The second-order valence-corrected chi connectivity index (χ2v) is 7.61. The van der Waals surface area contributed by atoms with Crippen LogP contribution in [0.15, 0.2) is 0 Å². The topological polar surface area (TPSA) is 130 Å². The summed E-state index contributed by atoms with van der Waals surface area (Å²) in [5.74, 6) is -0.0264. The molecule has 0 aromatic heterocycles. The normalized spacial score (nSPS) is 12.9. The lowest BCUT2D eigenvalue weighted by molar-refractivity contribution is -0.120. The van der Waals surface area contributed by atoms with E-state index in [1.807, 2.05) is 0 Å². The number of amides is 2. The summed E-state index contributed by atoms with van der Waals surface area (Å²) in [6.07, 6.45) is 5.23. The van der Waals surface area contributed by atoms with E-state index in [1.54, 1.807) is 0 Å². The second-order valence-electron chi connectivity index (χ2n) is 6.64. The molecule has 28 heavy (non-hydrogen) atoms. The molecule has 10 heteroatoms. The van der Waals surface area contributed by atoms with Crippen molar-refractivity contribution in [2.45, 2.75) is 70.5 Å². The van der Waals surface area contributed by atoms with Crippen LogP contribution in [0.5, 0.6) is 0 Å². The van der Waals surface area contributed by atoms with E-state index in [2.05, 4.69) is 44.5 Å². The number of hydrogen-bond donors (Lipinski definition) is 5. The summed E-state index contributed by atoms with van der Waals surface area (Å²) in [6, 6.07) is -0.461. The zero-order valence-corrected chi connectivity index (χ0v) is 18.9. The monoisotopic (exact) mass is 480 g/mol. The van der Waals surface area contributed by atoms with Gasteiger partial charge in [-0.05, 0) is 32.1 Å². The predicted molar refractivity (Wildman–Crippen MR) is 117 cm³/mol. The van der Waals surface area contributed by atoms with Gasteiger partial charge < -0.3 is 16.4 Å². The minimum Gasteiger partial charge on any atom is -0.356 e. The van der Waals surface area contributed by atoms with E-state index in [9.17, 15) is 19.2 Å². The summed E-state index contributed by atoms with van der Waals surface area (Å²) in [4.78, 5) is 45.7. The fourth-order valence-electron chi connectivity index (χ4n) is 2.72. The van der Waals surface area contributed by atoms with Gasteiger partial charge in [0.1, 0.15) is 5.78 Å². The Bertz CT molecular complexity index is 508. The first-order valence-corrected chi connectivity index (χ1v) is 11.2. The Balaban J connectivity index is 4.50. The maximum atomic E-state index is 12.2. The van der Waals surface area contributed by atoms with Crippen LogP contribution >= 0.6 is 28.6 Å². The van der Waals surface area contributed by atoms with Gasteiger partial charge in [-0.1, -0.05) is 41.4 Å². The number of thiol groups is 1. The standard InChI is InChI=1S/C18H33BrN4O4S/c1-13(24)21-10-6-5-9-17(23-18(27)28)22-15(16(26)12-20)8-4-2-3-7-14(25)11-19/h15,17,22H,2-12,20H2,1H3,(H,21,24)(H2,23,27,28)/t15-,17?/m0/s1. The average Bonchev–Trinajstić information content (AvgIpc) is 2.64. The Morgan fingerprint density at radius 2 is 1.71 bits per heavy atom. The van der Waals surface area contributed by atoms with Crippen LogP contribution in [0.1, 0.15) is 58.3 Å². The molecule has 0 aromatic carbocycles. The van der Waals surface area contributed by atoms with Gasteiger partial charge in [-0.2, -0.15) is 0 Å². The molecule has 0 spiro atoms. The molecule has 0 aliphatic heterocycles. The molecule has 0 radical (unpaired) electrons. The lowest BCUT2D eigenvalue weighted by Crippen LogP contribution is -2.52. The third-order valence-corrected chi connectivity index (χ3v) is 4.94. The molecule has 0 bridgehead atoms. The van der Waals surface area contributed by atoms with Crippen molar-refractivity contribution >= 4 is 51.3 Å². The first-order valence-electron chi connectivity index (χ1n) is 9.60. The summed E-state index contributed by atoms with van der Waals surface area (Å²) in [7, 11) is 0. The van der Waals surface area contributed by atoms with E-state index in [1.165, 1.54) is 6.92 Å². The summed E-state index contributed by atoms with van der Waals surface area (Å²) < 4.78 is 0. The van der Waals surface area contributed by atoms with Crippen LogP contribution in [0.2, 0.25) is 0 Å². The van der Waals surface area contributed by atoms with Crippen molar-refractivity contribution < 1.29 is 19.2 Å². The van der Waals surface area contributed by atoms with Crippen LogP contribution in [-0.4, -0.2) is 53.3 Å². The van der Waals surface area contributed by atoms with Gasteiger partial charge in [0, 0.05) is 19.9 Å². The number of rotatable bonds is 17. The fourth-order valence-corrected chi connectivity index (χ4v) is 3.16. The van der Waals surface area contributed by atoms with Crippen LogP contribution in [0, 0.1) is 0 Å². The van der Waals surface area contributed by atoms with Crippen LogP contribution < -0.4 is 21.7 Å². The van der Waals surface area contributed by atoms with Crippen molar-refractivity contribution in [2.75, 3.05) is 18.4 Å². The lowest BCUT2D eigenvalue weighted by Gasteiger charge is -2.25. The molecule has 0 saturated heterocycles. The molecule has 0 aromatic rings. The second kappa shape index (κ2) is 16.9. The van der Waals surface area contributed by atoms with Crippen LogP contribution in [-0.2, 0) is 14.4 Å². The molecule has 0 aliphatic rings. The summed E-state index contributed by atoms with van der Waals surface area (Å²) in [5.41, 5.74) is 5.52. The van der Waals surface area contributed by atoms with Crippen molar-refractivity contribution in [1.29, 1.82) is 0 Å². The number of halogens is 1. The summed E-state index contributed by atoms with van der Waals surface area (Å²) in [5, 5.41) is 8.48. The van der Waals surface area contributed by atoms with Gasteiger partial charge in [-0.3, -0.25) is 24.5 Å².